The van der Waals surface area contributed by atoms with E-state index >= 15 is 0 Å². The molecule has 16 heavy (non-hydrogen) atoms. The van der Waals surface area contributed by atoms with Crippen molar-refractivity contribution in [2.75, 3.05) is 19.8 Å². The van der Waals surface area contributed by atoms with Gasteiger partial charge in [0.15, 0.2) is 0 Å². The third-order valence-corrected chi connectivity index (χ3v) is 4.06. The van der Waals surface area contributed by atoms with E-state index in [1.807, 2.05) is 7.05 Å². The van der Waals surface area contributed by atoms with Crippen LogP contribution in [0.3, 0.4) is 0 Å². The highest BCUT2D eigenvalue weighted by molar-refractivity contribution is 9.10. The lowest BCUT2D eigenvalue weighted by atomic mass is 9.97. The molecular weight excluding hydrogens is 270 g/mol. The topological polar surface area (TPSA) is 53.1 Å². The summed E-state index contributed by atoms with van der Waals surface area (Å²) in [4.78, 5) is 4.70. The van der Waals surface area contributed by atoms with E-state index in [1.165, 1.54) is 5.69 Å². The highest BCUT2D eigenvalue weighted by Crippen LogP contribution is 2.31. The minimum atomic E-state index is 0.529. The molecule has 0 amide bonds. The Labute approximate surface area is 104 Å². The SMILES string of the molecule is Cn1c(CCN)nc(C2CCOCC2)c1Br. The van der Waals surface area contributed by atoms with Crippen LogP contribution in [0, 0.1) is 0 Å². The minimum absolute atomic E-state index is 0.529. The van der Waals surface area contributed by atoms with Crippen molar-refractivity contribution in [2.45, 2.75) is 25.2 Å². The zero-order valence-electron chi connectivity index (χ0n) is 9.58. The maximum Gasteiger partial charge on any atom is 0.110 e. The molecule has 1 aliphatic rings. The monoisotopic (exact) mass is 287 g/mol. The van der Waals surface area contributed by atoms with Crippen molar-refractivity contribution in [3.05, 3.63) is 16.1 Å². The number of hydrogen-bond donors (Lipinski definition) is 1. The molecule has 2 N–H and O–H groups in total. The van der Waals surface area contributed by atoms with Gasteiger partial charge in [-0.15, -0.1) is 0 Å². The van der Waals surface area contributed by atoms with Gasteiger partial charge in [0.2, 0.25) is 0 Å². The summed E-state index contributed by atoms with van der Waals surface area (Å²) in [6.45, 7) is 2.34. The highest BCUT2D eigenvalue weighted by Gasteiger charge is 2.23. The lowest BCUT2D eigenvalue weighted by molar-refractivity contribution is 0.0844. The quantitative estimate of drug-likeness (QED) is 0.918. The summed E-state index contributed by atoms with van der Waals surface area (Å²) in [5.41, 5.74) is 6.75. The summed E-state index contributed by atoms with van der Waals surface area (Å²) in [6.07, 6.45) is 2.97. The molecule has 0 atom stereocenters. The fourth-order valence-electron chi connectivity index (χ4n) is 2.13. The summed E-state index contributed by atoms with van der Waals surface area (Å²) in [5, 5.41) is 0. The number of ether oxygens (including phenoxy) is 1. The van der Waals surface area contributed by atoms with Crippen LogP contribution in [0.5, 0.6) is 0 Å². The normalized spacial score (nSPS) is 17.9. The number of imidazole rings is 1. The summed E-state index contributed by atoms with van der Waals surface area (Å²) >= 11 is 3.63. The molecule has 1 aromatic rings. The largest absolute Gasteiger partial charge is 0.381 e. The Kier molecular flexibility index (Phi) is 4.00. The van der Waals surface area contributed by atoms with Gasteiger partial charge in [0.1, 0.15) is 10.4 Å². The predicted octanol–water partition coefficient (Wildman–Crippen LogP) is 1.58. The summed E-state index contributed by atoms with van der Waals surface area (Å²) in [6, 6.07) is 0. The van der Waals surface area contributed by atoms with Crippen molar-refractivity contribution in [1.29, 1.82) is 0 Å². The third-order valence-electron chi connectivity index (χ3n) is 3.12. The van der Waals surface area contributed by atoms with Gasteiger partial charge < -0.3 is 15.0 Å². The highest BCUT2D eigenvalue weighted by atomic mass is 79.9. The summed E-state index contributed by atoms with van der Waals surface area (Å²) in [7, 11) is 2.03. The lowest BCUT2D eigenvalue weighted by Crippen LogP contribution is -2.14. The molecule has 0 saturated carbocycles. The molecular formula is C11H18BrN3O. The molecule has 4 nitrogen and oxygen atoms in total. The Morgan fingerprint density at radius 3 is 2.81 bits per heavy atom. The van der Waals surface area contributed by atoms with E-state index in [2.05, 4.69) is 20.5 Å². The van der Waals surface area contributed by atoms with Crippen LogP contribution >= 0.6 is 15.9 Å². The van der Waals surface area contributed by atoms with Crippen LogP contribution in [-0.4, -0.2) is 29.3 Å². The van der Waals surface area contributed by atoms with Crippen LogP contribution in [0.4, 0.5) is 0 Å². The van der Waals surface area contributed by atoms with Gasteiger partial charge in [-0.1, -0.05) is 0 Å². The first-order valence-electron chi connectivity index (χ1n) is 5.72. The molecule has 2 heterocycles. The molecule has 1 saturated heterocycles. The van der Waals surface area contributed by atoms with Gasteiger partial charge in [-0.05, 0) is 35.3 Å². The van der Waals surface area contributed by atoms with E-state index in [0.29, 0.717) is 12.5 Å². The van der Waals surface area contributed by atoms with Gasteiger partial charge in [-0.3, -0.25) is 0 Å². The molecule has 0 aromatic carbocycles. The second-order valence-corrected chi connectivity index (χ2v) is 4.94. The van der Waals surface area contributed by atoms with Gasteiger partial charge in [-0.25, -0.2) is 4.98 Å². The number of nitrogens with zero attached hydrogens (tertiary/aromatic N) is 2. The first-order chi connectivity index (χ1) is 7.74. The van der Waals surface area contributed by atoms with Gasteiger partial charge in [0, 0.05) is 32.6 Å². The first-order valence-corrected chi connectivity index (χ1v) is 6.52. The maximum absolute atomic E-state index is 5.58. The molecule has 0 aliphatic carbocycles. The Morgan fingerprint density at radius 1 is 1.50 bits per heavy atom. The van der Waals surface area contributed by atoms with Crippen LogP contribution in [0.15, 0.2) is 4.60 Å². The van der Waals surface area contributed by atoms with E-state index in [0.717, 1.165) is 42.9 Å². The van der Waals surface area contributed by atoms with Gasteiger partial charge in [0.05, 0.1) is 5.69 Å². The second kappa shape index (κ2) is 5.29. The standard InChI is InChI=1S/C11H18BrN3O/c1-15-9(2-5-13)14-10(11(15)12)8-3-6-16-7-4-8/h8H,2-7,13H2,1H3. The van der Waals surface area contributed by atoms with E-state index in [-0.39, 0.29) is 0 Å². The zero-order chi connectivity index (χ0) is 11.5. The fraction of sp³-hybridized carbons (Fsp3) is 0.727. The van der Waals surface area contributed by atoms with Gasteiger partial charge >= 0.3 is 0 Å². The fourth-order valence-corrected chi connectivity index (χ4v) is 2.75. The Balaban J connectivity index is 2.22. The molecule has 1 aromatic heterocycles. The Bertz CT molecular complexity index is 358. The number of rotatable bonds is 3. The van der Waals surface area contributed by atoms with Crippen molar-refractivity contribution in [2.24, 2.45) is 12.8 Å². The number of halogens is 1. The molecule has 0 bridgehead atoms. The van der Waals surface area contributed by atoms with Crippen LogP contribution < -0.4 is 5.73 Å². The van der Waals surface area contributed by atoms with Crippen molar-refractivity contribution in [1.82, 2.24) is 9.55 Å². The van der Waals surface area contributed by atoms with E-state index in [9.17, 15) is 0 Å². The second-order valence-electron chi connectivity index (χ2n) is 4.19. The molecule has 1 aliphatic heterocycles. The molecule has 0 spiro atoms. The Hall–Kier alpha value is -0.390. The van der Waals surface area contributed by atoms with Crippen molar-refractivity contribution < 1.29 is 4.74 Å². The molecule has 2 rings (SSSR count). The molecule has 90 valence electrons. The third kappa shape index (κ3) is 2.31. The van der Waals surface area contributed by atoms with Crippen LogP contribution in [0.2, 0.25) is 0 Å². The molecule has 0 unspecified atom stereocenters. The van der Waals surface area contributed by atoms with E-state index in [1.54, 1.807) is 0 Å². The maximum atomic E-state index is 5.58. The van der Waals surface area contributed by atoms with Gasteiger partial charge in [0.25, 0.3) is 0 Å². The van der Waals surface area contributed by atoms with Crippen molar-refractivity contribution in [3.63, 3.8) is 0 Å². The molecule has 1 fully saturated rings. The van der Waals surface area contributed by atoms with Crippen molar-refractivity contribution >= 4 is 15.9 Å². The lowest BCUT2D eigenvalue weighted by Gasteiger charge is -2.20. The predicted molar refractivity (Wildman–Crippen MR) is 66.5 cm³/mol. The van der Waals surface area contributed by atoms with E-state index in [4.69, 9.17) is 15.5 Å². The average Bonchev–Trinajstić information content (AvgIpc) is 2.59. The Morgan fingerprint density at radius 2 is 2.19 bits per heavy atom. The average molecular weight is 288 g/mol. The number of aromatic nitrogens is 2. The summed E-state index contributed by atoms with van der Waals surface area (Å²) in [5.74, 6) is 1.59. The smallest absolute Gasteiger partial charge is 0.110 e. The van der Waals surface area contributed by atoms with Crippen LogP contribution in [0.25, 0.3) is 0 Å². The van der Waals surface area contributed by atoms with Crippen LogP contribution in [-0.2, 0) is 18.2 Å². The molecule has 0 radical (unpaired) electrons. The van der Waals surface area contributed by atoms with E-state index < -0.39 is 0 Å². The van der Waals surface area contributed by atoms with Gasteiger partial charge in [-0.2, -0.15) is 0 Å². The zero-order valence-corrected chi connectivity index (χ0v) is 11.2. The van der Waals surface area contributed by atoms with Crippen LogP contribution in [0.1, 0.15) is 30.3 Å². The molecule has 5 heteroatoms. The van der Waals surface area contributed by atoms with Crippen molar-refractivity contribution in [3.8, 4) is 0 Å². The summed E-state index contributed by atoms with van der Waals surface area (Å²) < 4.78 is 8.57. The minimum Gasteiger partial charge on any atom is -0.381 e. The number of hydrogen-bond acceptors (Lipinski definition) is 3. The number of nitrogens with two attached hydrogens (primary N) is 1. The first kappa shape index (κ1) is 12.1.